The number of alkyl halides is 6. The second kappa shape index (κ2) is 10.7. The van der Waals surface area contributed by atoms with Gasteiger partial charge in [-0.05, 0) is 35.4 Å². The van der Waals surface area contributed by atoms with E-state index in [9.17, 15) is 30.7 Å². The van der Waals surface area contributed by atoms with E-state index in [2.05, 4.69) is 10.1 Å². The molecule has 0 radical (unpaired) electrons. The van der Waals surface area contributed by atoms with Crippen molar-refractivity contribution in [3.8, 4) is 5.75 Å². The van der Waals surface area contributed by atoms with Crippen molar-refractivity contribution in [2.75, 3.05) is 26.2 Å². The summed E-state index contributed by atoms with van der Waals surface area (Å²) >= 11 is 0. The molecule has 3 nitrogen and oxygen atoms in total. The molecule has 174 valence electrons. The monoisotopic (exact) mass is 494 g/mol. The highest BCUT2D eigenvalue weighted by molar-refractivity contribution is 5.85. The Morgan fingerprint density at radius 3 is 1.87 bits per heavy atom. The normalized spacial score (nSPS) is 16.1. The van der Waals surface area contributed by atoms with Crippen molar-refractivity contribution >= 4 is 24.8 Å². The van der Waals surface area contributed by atoms with Crippen LogP contribution in [0.15, 0.2) is 42.5 Å². The number of ether oxygens (including phenoxy) is 1. The highest BCUT2D eigenvalue weighted by Gasteiger charge is 2.35. The van der Waals surface area contributed by atoms with Gasteiger partial charge in [0.25, 0.3) is 0 Å². The van der Waals surface area contributed by atoms with Crippen LogP contribution in [0.3, 0.4) is 0 Å². The first kappa shape index (κ1) is 27.3. The van der Waals surface area contributed by atoms with Gasteiger partial charge >= 0.3 is 12.5 Å². The van der Waals surface area contributed by atoms with Gasteiger partial charge in [-0.2, -0.15) is 13.2 Å². The van der Waals surface area contributed by atoms with E-state index in [0.29, 0.717) is 37.8 Å². The van der Waals surface area contributed by atoms with Gasteiger partial charge in [0, 0.05) is 26.2 Å². The summed E-state index contributed by atoms with van der Waals surface area (Å²) in [7, 11) is 0. The zero-order valence-corrected chi connectivity index (χ0v) is 17.4. The molecule has 1 aliphatic heterocycles. The maximum Gasteiger partial charge on any atom is 0.573 e. The number of hydrogen-bond acceptors (Lipinski definition) is 3. The number of rotatable bonds is 4. The fourth-order valence-electron chi connectivity index (χ4n) is 3.34. The van der Waals surface area contributed by atoms with Crippen LogP contribution in [0, 0.1) is 5.82 Å². The molecule has 1 saturated heterocycles. The third-order valence-corrected chi connectivity index (χ3v) is 4.56. The smallest absolute Gasteiger partial charge is 0.406 e. The molecule has 1 heterocycles. The molecule has 12 heteroatoms. The van der Waals surface area contributed by atoms with E-state index in [0.717, 1.165) is 18.2 Å². The van der Waals surface area contributed by atoms with Gasteiger partial charge in [-0.1, -0.05) is 18.2 Å². The van der Waals surface area contributed by atoms with E-state index in [4.69, 9.17) is 0 Å². The third kappa shape index (κ3) is 7.13. The lowest BCUT2D eigenvalue weighted by Crippen LogP contribution is -2.45. The Kier molecular flexibility index (Phi) is 9.43. The van der Waals surface area contributed by atoms with Crippen molar-refractivity contribution in [2.45, 2.75) is 18.6 Å². The molecule has 31 heavy (non-hydrogen) atoms. The van der Waals surface area contributed by atoms with Gasteiger partial charge in [-0.15, -0.1) is 38.0 Å². The van der Waals surface area contributed by atoms with Gasteiger partial charge < -0.3 is 10.1 Å². The van der Waals surface area contributed by atoms with E-state index in [-0.39, 0.29) is 30.4 Å². The highest BCUT2D eigenvalue weighted by atomic mass is 35.5. The molecule has 1 atom stereocenters. The van der Waals surface area contributed by atoms with Crippen LogP contribution in [0.4, 0.5) is 30.7 Å². The van der Waals surface area contributed by atoms with Crippen LogP contribution in [0.25, 0.3) is 0 Å². The lowest BCUT2D eigenvalue weighted by molar-refractivity contribution is -0.274. The van der Waals surface area contributed by atoms with Crippen LogP contribution in [-0.4, -0.2) is 37.4 Å². The summed E-state index contributed by atoms with van der Waals surface area (Å²) < 4.78 is 93.7. The minimum atomic E-state index is -4.84. The van der Waals surface area contributed by atoms with Crippen molar-refractivity contribution in [2.24, 2.45) is 0 Å². The summed E-state index contributed by atoms with van der Waals surface area (Å²) in [6.07, 6.45) is -9.65. The van der Waals surface area contributed by atoms with Crippen LogP contribution >= 0.6 is 24.8 Å². The molecule has 0 spiro atoms. The summed E-state index contributed by atoms with van der Waals surface area (Å²) in [4.78, 5) is 1.93. The molecule has 1 fully saturated rings. The lowest BCUT2D eigenvalue weighted by atomic mass is 9.95. The molecule has 0 aromatic heterocycles. The Hall–Kier alpha value is -1.75. The van der Waals surface area contributed by atoms with Gasteiger partial charge in [0.15, 0.2) is 0 Å². The van der Waals surface area contributed by atoms with Crippen molar-refractivity contribution in [3.05, 3.63) is 65.0 Å². The van der Waals surface area contributed by atoms with Gasteiger partial charge in [0.05, 0.1) is 11.6 Å². The van der Waals surface area contributed by atoms with E-state index in [1.54, 1.807) is 0 Å². The second-order valence-electron chi connectivity index (χ2n) is 6.54. The second-order valence-corrected chi connectivity index (χ2v) is 6.54. The van der Waals surface area contributed by atoms with Crippen molar-refractivity contribution < 1.29 is 35.5 Å². The largest absolute Gasteiger partial charge is 0.573 e. The molecule has 1 N–H and O–H groups in total. The van der Waals surface area contributed by atoms with E-state index < -0.39 is 35.7 Å². The molecule has 0 bridgehead atoms. The molecule has 0 unspecified atom stereocenters. The lowest BCUT2D eigenvalue weighted by Gasteiger charge is -2.35. The maximum atomic E-state index is 14.1. The molecule has 0 aliphatic carbocycles. The number of benzene rings is 2. The Morgan fingerprint density at radius 1 is 0.839 bits per heavy atom. The Bertz CT molecular complexity index is 839. The Morgan fingerprint density at radius 2 is 1.39 bits per heavy atom. The highest BCUT2D eigenvalue weighted by Crippen LogP contribution is 2.36. The zero-order chi connectivity index (χ0) is 21.2. The summed E-state index contributed by atoms with van der Waals surface area (Å²) in [5.41, 5.74) is -0.572. The first-order valence-electron chi connectivity index (χ1n) is 8.72. The number of piperazine rings is 1. The first-order valence-corrected chi connectivity index (χ1v) is 8.72. The van der Waals surface area contributed by atoms with Crippen LogP contribution in [-0.2, 0) is 6.18 Å². The van der Waals surface area contributed by atoms with E-state index in [1.165, 1.54) is 18.2 Å². The summed E-state index contributed by atoms with van der Waals surface area (Å²) in [5, 5.41) is 3.14. The fourth-order valence-corrected chi connectivity index (χ4v) is 3.34. The van der Waals surface area contributed by atoms with Crippen molar-refractivity contribution in [1.29, 1.82) is 0 Å². The summed E-state index contributed by atoms with van der Waals surface area (Å²) in [6.45, 7) is 2.31. The van der Waals surface area contributed by atoms with E-state index in [1.807, 2.05) is 4.90 Å². The maximum absolute atomic E-state index is 14.1. The predicted molar refractivity (Wildman–Crippen MR) is 105 cm³/mol. The SMILES string of the molecule is Cl.Cl.Fc1cc([C@H](c2ccc(OC(F)(F)F)cc2)N2CCNCC2)ccc1C(F)(F)F. The van der Waals surface area contributed by atoms with Crippen LogP contribution in [0.1, 0.15) is 22.7 Å². The summed E-state index contributed by atoms with van der Waals surface area (Å²) in [6, 6.07) is 7.12. The van der Waals surface area contributed by atoms with Crippen molar-refractivity contribution in [3.63, 3.8) is 0 Å². The Balaban J connectivity index is 0.00000240. The van der Waals surface area contributed by atoms with Crippen LogP contribution in [0.5, 0.6) is 5.75 Å². The average Bonchev–Trinajstić information content (AvgIpc) is 2.62. The predicted octanol–water partition coefficient (Wildman–Crippen LogP) is 5.58. The third-order valence-electron chi connectivity index (χ3n) is 4.56. The quantitative estimate of drug-likeness (QED) is 0.561. The first-order chi connectivity index (χ1) is 13.5. The molecule has 3 rings (SSSR count). The molecule has 1 aliphatic rings. The average molecular weight is 495 g/mol. The van der Waals surface area contributed by atoms with Gasteiger partial charge in [0.2, 0.25) is 0 Å². The van der Waals surface area contributed by atoms with Crippen molar-refractivity contribution in [1.82, 2.24) is 10.2 Å². The standard InChI is InChI=1S/C19H17F7N2O.2ClH/c20-16-11-13(3-6-15(16)18(21,22)23)17(28-9-7-27-8-10-28)12-1-4-14(5-2-12)29-19(24,25)26;;/h1-6,11,17,27H,7-10H2;2*1H/t17-;;/m0../s1. The van der Waals surface area contributed by atoms with Gasteiger partial charge in [-0.25, -0.2) is 4.39 Å². The molecular formula is C19H19Cl2F7N2O. The van der Waals surface area contributed by atoms with Crippen LogP contribution in [0.2, 0.25) is 0 Å². The Labute approximate surface area is 186 Å². The molecule has 2 aromatic rings. The molecule has 2 aromatic carbocycles. The molecule has 0 saturated carbocycles. The minimum absolute atomic E-state index is 0. The van der Waals surface area contributed by atoms with Gasteiger partial charge in [-0.3, -0.25) is 4.90 Å². The number of nitrogens with one attached hydrogen (secondary N) is 1. The minimum Gasteiger partial charge on any atom is -0.406 e. The van der Waals surface area contributed by atoms with Crippen LogP contribution < -0.4 is 10.1 Å². The number of hydrogen-bond donors (Lipinski definition) is 1. The topological polar surface area (TPSA) is 24.5 Å². The van der Waals surface area contributed by atoms with Gasteiger partial charge in [0.1, 0.15) is 11.6 Å². The number of nitrogens with zero attached hydrogens (tertiary/aromatic N) is 1. The summed E-state index contributed by atoms with van der Waals surface area (Å²) in [5.74, 6) is -1.81. The number of halogens is 9. The zero-order valence-electron chi connectivity index (χ0n) is 15.8. The van der Waals surface area contributed by atoms with E-state index >= 15 is 0 Å². The molecular weight excluding hydrogens is 476 g/mol. The molecule has 0 amide bonds. The fraction of sp³-hybridized carbons (Fsp3) is 0.368.